The molecule has 0 radical (unpaired) electrons. The first-order valence-corrected chi connectivity index (χ1v) is 7.56. The Morgan fingerprint density at radius 1 is 1.30 bits per heavy atom. The number of ether oxygens (including phenoxy) is 2. The fourth-order valence-corrected chi connectivity index (χ4v) is 2.63. The van der Waals surface area contributed by atoms with Crippen LogP contribution in [0.25, 0.3) is 0 Å². The van der Waals surface area contributed by atoms with Crippen molar-refractivity contribution in [1.29, 1.82) is 0 Å². The van der Waals surface area contributed by atoms with Gasteiger partial charge in [0.05, 0.1) is 25.4 Å². The number of nitrogens with zero attached hydrogens (tertiary/aromatic N) is 3. The number of rotatable bonds is 9. The quantitative estimate of drug-likeness (QED) is 0.656. The summed E-state index contributed by atoms with van der Waals surface area (Å²) in [7, 11) is 1.62. The van der Waals surface area contributed by atoms with Crippen LogP contribution in [0.15, 0.2) is 5.16 Å². The molecular formula is C12H24N4O3S. The summed E-state index contributed by atoms with van der Waals surface area (Å²) in [6.45, 7) is 6.70. The Hall–Kier alpha value is -0.830. The van der Waals surface area contributed by atoms with E-state index in [0.29, 0.717) is 23.5 Å². The lowest BCUT2D eigenvalue weighted by Gasteiger charge is -2.16. The predicted octanol–water partition coefficient (Wildman–Crippen LogP) is 0.946. The molecule has 1 aromatic heterocycles. The maximum atomic E-state index is 9.89. The molecule has 0 spiro atoms. The summed E-state index contributed by atoms with van der Waals surface area (Å²) in [4.78, 5) is 0. The Morgan fingerprint density at radius 2 is 2.00 bits per heavy atom. The van der Waals surface area contributed by atoms with Crippen LogP contribution >= 0.6 is 11.8 Å². The zero-order valence-electron chi connectivity index (χ0n) is 12.4. The van der Waals surface area contributed by atoms with E-state index in [9.17, 15) is 5.11 Å². The fraction of sp³-hybridized carbons (Fsp3) is 0.833. The molecule has 1 rings (SSSR count). The number of hydrogen-bond donors (Lipinski definition) is 2. The van der Waals surface area contributed by atoms with Gasteiger partial charge in [-0.2, -0.15) is 0 Å². The summed E-state index contributed by atoms with van der Waals surface area (Å²) < 4.78 is 12.3. The number of hydrogen-bond acceptors (Lipinski definition) is 7. The van der Waals surface area contributed by atoms with E-state index >= 15 is 0 Å². The standard InChI is InChI=1S/C12H24N4O3S/c1-8(2)16-11(13)14-15-12(16)20-7-10(17)6-19-9(3)5-18-4/h8-10,17H,5-7H2,1-4H3,(H2,13,14). The van der Waals surface area contributed by atoms with Crippen molar-refractivity contribution in [3.05, 3.63) is 0 Å². The van der Waals surface area contributed by atoms with E-state index < -0.39 is 6.10 Å². The normalized spacial score (nSPS) is 14.7. The van der Waals surface area contributed by atoms with Gasteiger partial charge >= 0.3 is 0 Å². The molecular weight excluding hydrogens is 280 g/mol. The Bertz CT molecular complexity index is 400. The average Bonchev–Trinajstić information content (AvgIpc) is 2.75. The van der Waals surface area contributed by atoms with E-state index in [2.05, 4.69) is 10.2 Å². The van der Waals surface area contributed by atoms with Crippen LogP contribution in [0.1, 0.15) is 26.8 Å². The SMILES string of the molecule is COCC(C)OCC(O)CSc1nnc(N)n1C(C)C. The second-order valence-electron chi connectivity index (χ2n) is 4.87. The highest BCUT2D eigenvalue weighted by molar-refractivity contribution is 7.99. The molecule has 8 heteroatoms. The van der Waals surface area contributed by atoms with Gasteiger partial charge in [0.15, 0.2) is 5.16 Å². The molecule has 0 amide bonds. The van der Waals surface area contributed by atoms with Gasteiger partial charge in [-0.15, -0.1) is 10.2 Å². The van der Waals surface area contributed by atoms with Crippen LogP contribution < -0.4 is 5.73 Å². The van der Waals surface area contributed by atoms with Crippen LogP contribution in [0.2, 0.25) is 0 Å². The van der Waals surface area contributed by atoms with Gasteiger partial charge in [0.1, 0.15) is 0 Å². The lowest BCUT2D eigenvalue weighted by molar-refractivity contribution is -0.0257. The topological polar surface area (TPSA) is 95.4 Å². The van der Waals surface area contributed by atoms with Crippen LogP contribution in [-0.4, -0.2) is 58.2 Å². The summed E-state index contributed by atoms with van der Waals surface area (Å²) in [6, 6.07) is 0.183. The molecule has 20 heavy (non-hydrogen) atoms. The van der Waals surface area contributed by atoms with E-state index in [4.69, 9.17) is 15.2 Å². The van der Waals surface area contributed by atoms with Gasteiger partial charge in [0, 0.05) is 18.9 Å². The van der Waals surface area contributed by atoms with Crippen molar-refractivity contribution in [2.24, 2.45) is 0 Å². The zero-order chi connectivity index (χ0) is 15.1. The van der Waals surface area contributed by atoms with Gasteiger partial charge in [-0.3, -0.25) is 4.57 Å². The molecule has 0 saturated carbocycles. The highest BCUT2D eigenvalue weighted by Gasteiger charge is 2.15. The Labute approximate surface area is 123 Å². The Kier molecular flexibility index (Phi) is 7.28. The summed E-state index contributed by atoms with van der Waals surface area (Å²) in [5, 5.41) is 18.5. The molecule has 0 aliphatic rings. The number of aliphatic hydroxyl groups is 1. The van der Waals surface area contributed by atoms with E-state index in [0.717, 1.165) is 0 Å². The lowest BCUT2D eigenvalue weighted by atomic mass is 10.4. The number of aliphatic hydroxyl groups excluding tert-OH is 1. The van der Waals surface area contributed by atoms with Crippen LogP contribution in [-0.2, 0) is 9.47 Å². The molecule has 3 N–H and O–H groups in total. The molecule has 2 atom stereocenters. The maximum Gasteiger partial charge on any atom is 0.222 e. The Morgan fingerprint density at radius 3 is 2.60 bits per heavy atom. The van der Waals surface area contributed by atoms with Gasteiger partial charge < -0.3 is 20.3 Å². The highest BCUT2D eigenvalue weighted by atomic mass is 32.2. The van der Waals surface area contributed by atoms with E-state index in [-0.39, 0.29) is 18.8 Å². The van der Waals surface area contributed by atoms with Crippen molar-refractivity contribution in [3.8, 4) is 0 Å². The van der Waals surface area contributed by atoms with Gasteiger partial charge in [0.25, 0.3) is 0 Å². The second kappa shape index (κ2) is 8.46. The molecule has 7 nitrogen and oxygen atoms in total. The average molecular weight is 304 g/mol. The largest absolute Gasteiger partial charge is 0.390 e. The lowest BCUT2D eigenvalue weighted by Crippen LogP contribution is -2.24. The van der Waals surface area contributed by atoms with Crippen LogP contribution in [0, 0.1) is 0 Å². The smallest absolute Gasteiger partial charge is 0.222 e. The van der Waals surface area contributed by atoms with Gasteiger partial charge in [-0.05, 0) is 20.8 Å². The minimum Gasteiger partial charge on any atom is -0.390 e. The molecule has 116 valence electrons. The molecule has 1 aromatic rings. The molecule has 1 heterocycles. The first-order chi connectivity index (χ1) is 9.45. The predicted molar refractivity (Wildman–Crippen MR) is 78.8 cm³/mol. The summed E-state index contributed by atoms with van der Waals surface area (Å²) in [6.07, 6.45) is -0.604. The molecule has 0 saturated heterocycles. The summed E-state index contributed by atoms with van der Waals surface area (Å²) in [5.41, 5.74) is 5.76. The monoisotopic (exact) mass is 304 g/mol. The molecule has 0 aliphatic carbocycles. The Balaban J connectivity index is 2.39. The molecule has 0 fully saturated rings. The highest BCUT2D eigenvalue weighted by Crippen LogP contribution is 2.23. The first-order valence-electron chi connectivity index (χ1n) is 6.57. The molecule has 0 bridgehead atoms. The van der Waals surface area contributed by atoms with Crippen molar-refractivity contribution >= 4 is 17.7 Å². The number of nitrogens with two attached hydrogens (primary N) is 1. The third kappa shape index (κ3) is 5.28. The number of anilines is 1. The van der Waals surface area contributed by atoms with Crippen molar-refractivity contribution in [2.75, 3.05) is 31.8 Å². The summed E-state index contributed by atoms with van der Waals surface area (Å²) in [5.74, 6) is 0.867. The number of aromatic nitrogens is 3. The van der Waals surface area contributed by atoms with E-state index in [1.165, 1.54) is 11.8 Å². The van der Waals surface area contributed by atoms with Crippen LogP contribution in [0.3, 0.4) is 0 Å². The first kappa shape index (κ1) is 17.2. The van der Waals surface area contributed by atoms with Crippen molar-refractivity contribution < 1.29 is 14.6 Å². The third-order valence-corrected chi connectivity index (χ3v) is 3.67. The summed E-state index contributed by atoms with van der Waals surface area (Å²) >= 11 is 1.42. The van der Waals surface area contributed by atoms with Crippen molar-refractivity contribution in [3.63, 3.8) is 0 Å². The number of thioether (sulfide) groups is 1. The van der Waals surface area contributed by atoms with Gasteiger partial charge in [-0.25, -0.2) is 0 Å². The van der Waals surface area contributed by atoms with Crippen molar-refractivity contribution in [1.82, 2.24) is 14.8 Å². The minimum absolute atomic E-state index is 0.0328. The van der Waals surface area contributed by atoms with E-state index in [1.54, 1.807) is 7.11 Å². The van der Waals surface area contributed by atoms with Crippen LogP contribution in [0.5, 0.6) is 0 Å². The third-order valence-electron chi connectivity index (χ3n) is 2.59. The number of methoxy groups -OCH3 is 1. The zero-order valence-corrected chi connectivity index (χ0v) is 13.3. The maximum absolute atomic E-state index is 9.89. The molecule has 2 unspecified atom stereocenters. The van der Waals surface area contributed by atoms with Gasteiger partial charge in [0.2, 0.25) is 5.95 Å². The second-order valence-corrected chi connectivity index (χ2v) is 5.86. The fourth-order valence-electron chi connectivity index (χ4n) is 1.65. The minimum atomic E-state index is -0.571. The van der Waals surface area contributed by atoms with Crippen molar-refractivity contribution in [2.45, 2.75) is 44.2 Å². The number of nitrogen functional groups attached to an aromatic ring is 1. The van der Waals surface area contributed by atoms with E-state index in [1.807, 2.05) is 25.3 Å². The molecule has 0 aliphatic heterocycles. The van der Waals surface area contributed by atoms with Crippen LogP contribution in [0.4, 0.5) is 5.95 Å². The van der Waals surface area contributed by atoms with Gasteiger partial charge in [-0.1, -0.05) is 11.8 Å². The molecule has 0 aromatic carbocycles.